The first kappa shape index (κ1) is 18.5. The van der Waals surface area contributed by atoms with E-state index in [4.69, 9.17) is 0 Å². The lowest BCUT2D eigenvalue weighted by Gasteiger charge is -2.14. The summed E-state index contributed by atoms with van der Waals surface area (Å²) < 4.78 is 14.9. The van der Waals surface area contributed by atoms with Crippen LogP contribution in [0.5, 0.6) is 0 Å². The summed E-state index contributed by atoms with van der Waals surface area (Å²) >= 11 is 0. The summed E-state index contributed by atoms with van der Waals surface area (Å²) in [4.78, 5) is 17.1. The lowest BCUT2D eigenvalue weighted by molar-refractivity contribution is 0.0935. The van der Waals surface area contributed by atoms with Gasteiger partial charge in [-0.25, -0.2) is 9.07 Å². The van der Waals surface area contributed by atoms with Crippen LogP contribution in [0.2, 0.25) is 0 Å². The summed E-state index contributed by atoms with van der Waals surface area (Å²) in [5, 5.41) is 11.2. The minimum atomic E-state index is -0.353. The number of benzene rings is 2. The zero-order valence-electron chi connectivity index (χ0n) is 15.7. The molecule has 4 aromatic rings. The summed E-state index contributed by atoms with van der Waals surface area (Å²) in [5.74, 6) is -0.699. The van der Waals surface area contributed by atoms with Gasteiger partial charge in [-0.15, -0.1) is 5.10 Å². The second kappa shape index (κ2) is 8.02. The number of pyridine rings is 1. The molecule has 0 aliphatic carbocycles. The van der Waals surface area contributed by atoms with Crippen molar-refractivity contribution in [2.45, 2.75) is 13.0 Å². The number of carbonyl (C=O) groups excluding carboxylic acids is 1. The molecule has 0 saturated carbocycles. The van der Waals surface area contributed by atoms with Crippen molar-refractivity contribution in [1.82, 2.24) is 25.3 Å². The van der Waals surface area contributed by atoms with E-state index in [9.17, 15) is 9.18 Å². The van der Waals surface area contributed by atoms with Gasteiger partial charge in [0.05, 0.1) is 11.7 Å². The number of hydrogen-bond acceptors (Lipinski definition) is 4. The average molecular weight is 387 g/mol. The average Bonchev–Trinajstić information content (AvgIpc) is 3.21. The Labute approximate surface area is 167 Å². The minimum absolute atomic E-state index is 0.184. The Morgan fingerprint density at radius 3 is 2.38 bits per heavy atom. The first-order valence-corrected chi connectivity index (χ1v) is 9.11. The van der Waals surface area contributed by atoms with E-state index in [1.807, 2.05) is 37.3 Å². The van der Waals surface area contributed by atoms with Crippen molar-refractivity contribution in [3.8, 4) is 16.9 Å². The van der Waals surface area contributed by atoms with Gasteiger partial charge in [-0.1, -0.05) is 35.5 Å². The lowest BCUT2D eigenvalue weighted by atomic mass is 10.1. The van der Waals surface area contributed by atoms with E-state index >= 15 is 0 Å². The first-order chi connectivity index (χ1) is 14.1. The van der Waals surface area contributed by atoms with Crippen molar-refractivity contribution in [2.75, 3.05) is 0 Å². The Morgan fingerprint density at radius 2 is 1.69 bits per heavy atom. The fraction of sp³-hybridized carbons (Fsp3) is 0.0909. The topological polar surface area (TPSA) is 72.7 Å². The van der Waals surface area contributed by atoms with Crippen LogP contribution in [0.4, 0.5) is 4.39 Å². The van der Waals surface area contributed by atoms with Crippen LogP contribution in [0, 0.1) is 5.82 Å². The quantitative estimate of drug-likeness (QED) is 0.563. The van der Waals surface area contributed by atoms with Gasteiger partial charge in [0.1, 0.15) is 11.5 Å². The Morgan fingerprint density at radius 1 is 1.00 bits per heavy atom. The molecule has 2 aromatic carbocycles. The van der Waals surface area contributed by atoms with Crippen LogP contribution in [0.25, 0.3) is 16.9 Å². The molecule has 2 heterocycles. The number of rotatable bonds is 5. The minimum Gasteiger partial charge on any atom is -0.344 e. The number of hydrogen-bond donors (Lipinski definition) is 1. The molecule has 1 N–H and O–H groups in total. The van der Waals surface area contributed by atoms with Crippen molar-refractivity contribution in [1.29, 1.82) is 0 Å². The monoisotopic (exact) mass is 387 g/mol. The second-order valence-electron chi connectivity index (χ2n) is 6.52. The van der Waals surface area contributed by atoms with Crippen LogP contribution in [-0.4, -0.2) is 25.9 Å². The van der Waals surface area contributed by atoms with Gasteiger partial charge in [-0.05, 0) is 48.9 Å². The molecule has 0 saturated heterocycles. The fourth-order valence-electron chi connectivity index (χ4n) is 3.06. The maximum Gasteiger partial charge on any atom is 0.274 e. The maximum atomic E-state index is 13.3. The van der Waals surface area contributed by atoms with E-state index in [2.05, 4.69) is 20.6 Å². The summed E-state index contributed by atoms with van der Waals surface area (Å²) in [6, 6.07) is 18.9. The molecule has 2 aromatic heterocycles. The van der Waals surface area contributed by atoms with Crippen LogP contribution in [0.15, 0.2) is 79.1 Å². The van der Waals surface area contributed by atoms with E-state index in [-0.39, 0.29) is 23.5 Å². The van der Waals surface area contributed by atoms with Gasteiger partial charge in [0, 0.05) is 18.0 Å². The Kier molecular flexibility index (Phi) is 5.11. The standard InChI is InChI=1S/C22H18FN5O/c1-15(16-5-3-2-4-6-16)25-22(29)20-21(17-11-13-24-14-12-17)28(27-26-20)19-9-7-18(23)8-10-19/h2-15H,1H3,(H,25,29). The van der Waals surface area contributed by atoms with Crippen molar-refractivity contribution >= 4 is 5.91 Å². The summed E-state index contributed by atoms with van der Waals surface area (Å²) in [6.45, 7) is 1.91. The molecule has 0 fully saturated rings. The maximum absolute atomic E-state index is 13.3. The van der Waals surface area contributed by atoms with Crippen molar-refractivity contribution in [2.24, 2.45) is 0 Å². The number of halogens is 1. The molecular weight excluding hydrogens is 369 g/mol. The van der Waals surface area contributed by atoms with Crippen LogP contribution in [-0.2, 0) is 0 Å². The van der Waals surface area contributed by atoms with Gasteiger partial charge in [-0.3, -0.25) is 9.78 Å². The lowest BCUT2D eigenvalue weighted by Crippen LogP contribution is -2.27. The highest BCUT2D eigenvalue weighted by atomic mass is 19.1. The fourth-order valence-corrected chi connectivity index (χ4v) is 3.06. The number of nitrogens with zero attached hydrogens (tertiary/aromatic N) is 4. The molecule has 0 spiro atoms. The third-order valence-corrected chi connectivity index (χ3v) is 4.56. The van der Waals surface area contributed by atoms with Crippen molar-refractivity contribution in [3.05, 3.63) is 96.2 Å². The van der Waals surface area contributed by atoms with Gasteiger partial charge in [0.2, 0.25) is 0 Å². The summed E-state index contributed by atoms with van der Waals surface area (Å²) in [6.07, 6.45) is 3.26. The molecule has 0 aliphatic heterocycles. The third kappa shape index (κ3) is 3.89. The SMILES string of the molecule is CC(NC(=O)c1nnn(-c2ccc(F)cc2)c1-c1ccncc1)c1ccccc1. The second-order valence-corrected chi connectivity index (χ2v) is 6.52. The van der Waals surface area contributed by atoms with Crippen LogP contribution in [0.1, 0.15) is 29.0 Å². The van der Waals surface area contributed by atoms with Gasteiger partial charge >= 0.3 is 0 Å². The normalized spacial score (nSPS) is 11.8. The largest absolute Gasteiger partial charge is 0.344 e. The zero-order valence-corrected chi connectivity index (χ0v) is 15.7. The molecule has 29 heavy (non-hydrogen) atoms. The molecule has 7 heteroatoms. The van der Waals surface area contributed by atoms with Gasteiger partial charge < -0.3 is 5.32 Å². The van der Waals surface area contributed by atoms with Gasteiger partial charge in [-0.2, -0.15) is 0 Å². The third-order valence-electron chi connectivity index (χ3n) is 4.56. The molecular formula is C22H18FN5O. The van der Waals surface area contributed by atoms with Crippen LogP contribution < -0.4 is 5.32 Å². The van der Waals surface area contributed by atoms with E-state index in [0.717, 1.165) is 11.1 Å². The Hall–Kier alpha value is -3.87. The molecule has 1 unspecified atom stereocenters. The summed E-state index contributed by atoms with van der Waals surface area (Å²) in [5.41, 5.74) is 3.00. The molecule has 6 nitrogen and oxygen atoms in total. The number of aromatic nitrogens is 4. The van der Waals surface area contributed by atoms with E-state index < -0.39 is 0 Å². The Balaban J connectivity index is 1.73. The zero-order chi connectivity index (χ0) is 20.2. The predicted octanol–water partition coefficient (Wildman–Crippen LogP) is 3.96. The molecule has 0 bridgehead atoms. The summed E-state index contributed by atoms with van der Waals surface area (Å²) in [7, 11) is 0. The molecule has 144 valence electrons. The Bertz CT molecular complexity index is 1110. The van der Waals surface area contributed by atoms with E-state index in [1.54, 1.807) is 36.7 Å². The number of nitrogens with one attached hydrogen (secondary N) is 1. The van der Waals surface area contributed by atoms with Crippen LogP contribution >= 0.6 is 0 Å². The van der Waals surface area contributed by atoms with Gasteiger partial charge in [0.25, 0.3) is 5.91 Å². The number of amides is 1. The highest BCUT2D eigenvalue weighted by Gasteiger charge is 2.23. The highest BCUT2D eigenvalue weighted by Crippen LogP contribution is 2.25. The predicted molar refractivity (Wildman–Crippen MR) is 107 cm³/mol. The smallest absolute Gasteiger partial charge is 0.274 e. The van der Waals surface area contributed by atoms with Gasteiger partial charge in [0.15, 0.2) is 5.69 Å². The van der Waals surface area contributed by atoms with E-state index in [1.165, 1.54) is 16.8 Å². The highest BCUT2D eigenvalue weighted by molar-refractivity contribution is 5.98. The van der Waals surface area contributed by atoms with Crippen molar-refractivity contribution < 1.29 is 9.18 Å². The molecule has 0 radical (unpaired) electrons. The molecule has 1 amide bonds. The van der Waals surface area contributed by atoms with Crippen molar-refractivity contribution in [3.63, 3.8) is 0 Å². The molecule has 1 atom stereocenters. The van der Waals surface area contributed by atoms with Crippen LogP contribution in [0.3, 0.4) is 0 Å². The molecule has 4 rings (SSSR count). The molecule has 0 aliphatic rings. The van der Waals surface area contributed by atoms with E-state index in [0.29, 0.717) is 11.4 Å². The first-order valence-electron chi connectivity index (χ1n) is 9.11. The number of carbonyl (C=O) groups is 1.